The lowest BCUT2D eigenvalue weighted by Crippen LogP contribution is -2.42. The molecule has 0 aliphatic carbocycles. The highest BCUT2D eigenvalue weighted by Crippen LogP contribution is 2.22. The van der Waals surface area contributed by atoms with Gasteiger partial charge in [-0.2, -0.15) is 0 Å². The highest BCUT2D eigenvalue weighted by atomic mass is 35.5. The smallest absolute Gasteiger partial charge is 0.260 e. The van der Waals surface area contributed by atoms with Crippen LogP contribution in [0.15, 0.2) is 54.6 Å². The molecule has 146 valence electrons. The van der Waals surface area contributed by atoms with Gasteiger partial charge in [0.2, 0.25) is 0 Å². The van der Waals surface area contributed by atoms with Gasteiger partial charge in [-0.1, -0.05) is 48.5 Å². The second-order valence-corrected chi connectivity index (χ2v) is 6.94. The fourth-order valence-corrected chi connectivity index (χ4v) is 3.51. The summed E-state index contributed by atoms with van der Waals surface area (Å²) < 4.78 is 5.90. The van der Waals surface area contributed by atoms with Crippen molar-refractivity contribution in [2.24, 2.45) is 5.92 Å². The molecular weight excluding hydrogens is 360 g/mol. The summed E-state index contributed by atoms with van der Waals surface area (Å²) in [6.07, 6.45) is 2.94. The fourth-order valence-electron chi connectivity index (χ4n) is 3.51. The van der Waals surface area contributed by atoms with Crippen LogP contribution in [0.3, 0.4) is 0 Å². The van der Waals surface area contributed by atoms with Crippen LogP contribution in [0.4, 0.5) is 0 Å². The van der Waals surface area contributed by atoms with Crippen molar-refractivity contribution in [1.29, 1.82) is 0 Å². The average Bonchev–Trinajstić information content (AvgIpc) is 2.69. The summed E-state index contributed by atoms with van der Waals surface area (Å²) in [5.74, 6) is 1.56. The van der Waals surface area contributed by atoms with E-state index in [0.717, 1.165) is 50.2 Å². The predicted octanol–water partition coefficient (Wildman–Crippen LogP) is 3.54. The van der Waals surface area contributed by atoms with Gasteiger partial charge in [0, 0.05) is 19.5 Å². The van der Waals surface area contributed by atoms with Crippen LogP contribution in [0.25, 0.3) is 0 Å². The summed E-state index contributed by atoms with van der Waals surface area (Å²) in [5, 5.41) is 3.23. The maximum absolute atomic E-state index is 12.5. The molecule has 0 aromatic heterocycles. The Morgan fingerprint density at radius 3 is 2.44 bits per heavy atom. The maximum atomic E-state index is 12.5. The predicted molar refractivity (Wildman–Crippen MR) is 112 cm³/mol. The third-order valence-corrected chi connectivity index (χ3v) is 5.02. The Bertz CT molecular complexity index is 700. The topological polar surface area (TPSA) is 41.6 Å². The van der Waals surface area contributed by atoms with Crippen molar-refractivity contribution in [3.05, 3.63) is 65.7 Å². The molecule has 0 radical (unpaired) electrons. The first kappa shape index (κ1) is 21.3. The van der Waals surface area contributed by atoms with E-state index in [2.05, 4.69) is 23.5 Å². The fraction of sp³-hybridized carbons (Fsp3) is 0.409. The van der Waals surface area contributed by atoms with Gasteiger partial charge in [-0.3, -0.25) is 4.79 Å². The highest BCUT2D eigenvalue weighted by Gasteiger charge is 2.22. The van der Waals surface area contributed by atoms with Crippen molar-refractivity contribution in [3.63, 3.8) is 0 Å². The minimum atomic E-state index is 0. The number of nitrogens with zero attached hydrogens (tertiary/aromatic N) is 1. The summed E-state index contributed by atoms with van der Waals surface area (Å²) >= 11 is 0. The molecule has 5 heteroatoms. The Morgan fingerprint density at radius 1 is 1.07 bits per heavy atom. The summed E-state index contributed by atoms with van der Waals surface area (Å²) in [7, 11) is 1.98. The first-order valence-corrected chi connectivity index (χ1v) is 9.43. The highest BCUT2D eigenvalue weighted by molar-refractivity contribution is 5.85. The van der Waals surface area contributed by atoms with E-state index in [1.165, 1.54) is 5.56 Å². The molecule has 1 N–H and O–H groups in total. The van der Waals surface area contributed by atoms with Crippen LogP contribution in [0.5, 0.6) is 5.75 Å². The van der Waals surface area contributed by atoms with Gasteiger partial charge in [-0.05, 0) is 49.5 Å². The van der Waals surface area contributed by atoms with E-state index in [-0.39, 0.29) is 24.9 Å². The summed E-state index contributed by atoms with van der Waals surface area (Å²) in [6, 6.07) is 18.3. The molecule has 2 aromatic rings. The Kier molecular flexibility index (Phi) is 8.62. The monoisotopic (exact) mass is 388 g/mol. The lowest BCUT2D eigenvalue weighted by molar-refractivity contribution is -0.134. The standard InChI is InChI=1S/C22H28N2O2.ClH/c1-23-16-19-11-13-24(14-12-19)22(25)17-26-21-10-6-5-9-20(21)15-18-7-3-2-4-8-18;/h2-10,19,23H,11-17H2,1H3;1H. The third kappa shape index (κ3) is 6.26. The third-order valence-electron chi connectivity index (χ3n) is 5.02. The van der Waals surface area contributed by atoms with Crippen LogP contribution >= 0.6 is 12.4 Å². The van der Waals surface area contributed by atoms with Crippen LogP contribution in [-0.4, -0.2) is 44.1 Å². The molecule has 1 aliphatic rings. The van der Waals surface area contributed by atoms with Gasteiger partial charge in [0.05, 0.1) is 0 Å². The van der Waals surface area contributed by atoms with E-state index in [9.17, 15) is 4.79 Å². The van der Waals surface area contributed by atoms with Gasteiger partial charge in [0.1, 0.15) is 5.75 Å². The van der Waals surface area contributed by atoms with Crippen molar-refractivity contribution in [2.45, 2.75) is 19.3 Å². The molecule has 1 amide bonds. The molecule has 3 rings (SSSR count). The molecule has 27 heavy (non-hydrogen) atoms. The Balaban J connectivity index is 0.00000261. The number of benzene rings is 2. The van der Waals surface area contributed by atoms with Crippen molar-refractivity contribution in [1.82, 2.24) is 10.2 Å². The van der Waals surface area contributed by atoms with Crippen molar-refractivity contribution >= 4 is 18.3 Å². The number of hydrogen-bond acceptors (Lipinski definition) is 3. The van der Waals surface area contributed by atoms with Crippen molar-refractivity contribution < 1.29 is 9.53 Å². The number of hydrogen-bond donors (Lipinski definition) is 1. The van der Waals surface area contributed by atoms with Gasteiger partial charge in [-0.25, -0.2) is 0 Å². The molecule has 0 saturated carbocycles. The second-order valence-electron chi connectivity index (χ2n) is 6.94. The molecule has 1 saturated heterocycles. The van der Waals surface area contributed by atoms with Crippen LogP contribution in [0.2, 0.25) is 0 Å². The van der Waals surface area contributed by atoms with Gasteiger partial charge in [0.15, 0.2) is 6.61 Å². The molecule has 1 fully saturated rings. The zero-order chi connectivity index (χ0) is 18.2. The first-order chi connectivity index (χ1) is 12.8. The van der Waals surface area contributed by atoms with Crippen molar-refractivity contribution in [2.75, 3.05) is 33.3 Å². The van der Waals surface area contributed by atoms with E-state index in [1.807, 2.05) is 48.3 Å². The SMILES string of the molecule is CNCC1CCN(C(=O)COc2ccccc2Cc2ccccc2)CC1.Cl. The van der Waals surface area contributed by atoms with Crippen LogP contribution in [0.1, 0.15) is 24.0 Å². The Morgan fingerprint density at radius 2 is 1.74 bits per heavy atom. The summed E-state index contributed by atoms with van der Waals surface area (Å²) in [4.78, 5) is 14.4. The number of likely N-dealkylation sites (tertiary alicyclic amines) is 1. The van der Waals surface area contributed by atoms with E-state index in [0.29, 0.717) is 5.92 Å². The normalized spacial score (nSPS) is 14.5. The number of piperidine rings is 1. The molecule has 4 nitrogen and oxygen atoms in total. The molecule has 0 bridgehead atoms. The molecule has 1 heterocycles. The lowest BCUT2D eigenvalue weighted by atomic mass is 9.97. The van der Waals surface area contributed by atoms with Gasteiger partial charge in [-0.15, -0.1) is 12.4 Å². The van der Waals surface area contributed by atoms with Gasteiger partial charge >= 0.3 is 0 Å². The molecule has 1 aliphatic heterocycles. The minimum absolute atomic E-state index is 0. The summed E-state index contributed by atoms with van der Waals surface area (Å²) in [6.45, 7) is 2.81. The molecule has 0 unspecified atom stereocenters. The average molecular weight is 389 g/mol. The number of carbonyl (C=O) groups is 1. The second kappa shape index (κ2) is 11.0. The molecule has 2 aromatic carbocycles. The van der Waals surface area contributed by atoms with E-state index < -0.39 is 0 Å². The minimum Gasteiger partial charge on any atom is -0.483 e. The largest absolute Gasteiger partial charge is 0.483 e. The number of amides is 1. The summed E-state index contributed by atoms with van der Waals surface area (Å²) in [5.41, 5.74) is 2.35. The Labute approximate surface area is 168 Å². The van der Waals surface area contributed by atoms with Crippen LogP contribution < -0.4 is 10.1 Å². The molecular formula is C22H29ClN2O2. The Hall–Kier alpha value is -2.04. The lowest BCUT2D eigenvalue weighted by Gasteiger charge is -2.32. The van der Waals surface area contributed by atoms with Crippen molar-refractivity contribution in [3.8, 4) is 5.75 Å². The van der Waals surface area contributed by atoms with E-state index in [1.54, 1.807) is 0 Å². The molecule has 0 spiro atoms. The van der Waals surface area contributed by atoms with E-state index in [4.69, 9.17) is 4.74 Å². The number of nitrogens with one attached hydrogen (secondary N) is 1. The van der Waals surface area contributed by atoms with Gasteiger partial charge < -0.3 is 15.0 Å². The zero-order valence-corrected chi connectivity index (χ0v) is 16.7. The van der Waals surface area contributed by atoms with Crippen LogP contribution in [0, 0.1) is 5.92 Å². The number of ether oxygens (including phenoxy) is 1. The molecule has 0 atom stereocenters. The first-order valence-electron chi connectivity index (χ1n) is 9.43. The number of halogens is 1. The number of para-hydroxylation sites is 1. The van der Waals surface area contributed by atoms with Crippen LogP contribution in [-0.2, 0) is 11.2 Å². The van der Waals surface area contributed by atoms with E-state index >= 15 is 0 Å². The van der Waals surface area contributed by atoms with Gasteiger partial charge in [0.25, 0.3) is 5.91 Å². The quantitative estimate of drug-likeness (QED) is 0.788. The number of carbonyl (C=O) groups excluding carboxylic acids is 1. The number of rotatable bonds is 7. The maximum Gasteiger partial charge on any atom is 0.260 e. The zero-order valence-electron chi connectivity index (χ0n) is 15.9.